The minimum absolute atomic E-state index is 0. The lowest BCUT2D eigenvalue weighted by molar-refractivity contribution is 0.339. The molecule has 1 aliphatic heterocycles. The SMILES string of the molecule is CCOc1cccc(S(=O)(=O)NCCC2CCCNC2)c1.Cl. The molecule has 22 heavy (non-hydrogen) atoms. The highest BCUT2D eigenvalue weighted by molar-refractivity contribution is 7.89. The highest BCUT2D eigenvalue weighted by Crippen LogP contribution is 2.18. The quantitative estimate of drug-likeness (QED) is 0.792. The first-order valence-electron chi connectivity index (χ1n) is 7.55. The van der Waals surface area contributed by atoms with E-state index in [1.165, 1.54) is 12.8 Å². The molecule has 1 aromatic carbocycles. The zero-order valence-corrected chi connectivity index (χ0v) is 14.5. The number of ether oxygens (including phenoxy) is 1. The summed E-state index contributed by atoms with van der Waals surface area (Å²) in [5.41, 5.74) is 0. The van der Waals surface area contributed by atoms with Crippen molar-refractivity contribution in [1.82, 2.24) is 10.0 Å². The number of sulfonamides is 1. The van der Waals surface area contributed by atoms with Crippen LogP contribution in [0.1, 0.15) is 26.2 Å². The van der Waals surface area contributed by atoms with Gasteiger partial charge in [-0.2, -0.15) is 0 Å². The Hall–Kier alpha value is -0.820. The van der Waals surface area contributed by atoms with Crippen LogP contribution < -0.4 is 14.8 Å². The van der Waals surface area contributed by atoms with Crippen LogP contribution in [0.15, 0.2) is 29.2 Å². The van der Waals surface area contributed by atoms with E-state index >= 15 is 0 Å². The zero-order valence-electron chi connectivity index (χ0n) is 12.9. The van der Waals surface area contributed by atoms with Crippen molar-refractivity contribution in [3.8, 4) is 5.75 Å². The second-order valence-electron chi connectivity index (χ2n) is 5.31. The Morgan fingerprint density at radius 1 is 1.41 bits per heavy atom. The van der Waals surface area contributed by atoms with Crippen LogP contribution in [-0.4, -0.2) is 34.7 Å². The number of benzene rings is 1. The lowest BCUT2D eigenvalue weighted by Gasteiger charge is -2.22. The second-order valence-corrected chi connectivity index (χ2v) is 7.07. The van der Waals surface area contributed by atoms with E-state index in [-0.39, 0.29) is 17.3 Å². The summed E-state index contributed by atoms with van der Waals surface area (Å²) in [4.78, 5) is 0.259. The van der Waals surface area contributed by atoms with Crippen molar-refractivity contribution in [2.24, 2.45) is 5.92 Å². The van der Waals surface area contributed by atoms with Crippen molar-refractivity contribution < 1.29 is 13.2 Å². The van der Waals surface area contributed by atoms with E-state index in [4.69, 9.17) is 4.74 Å². The fourth-order valence-corrected chi connectivity index (χ4v) is 3.63. The molecule has 7 heteroatoms. The molecule has 2 rings (SSSR count). The molecule has 1 aliphatic rings. The molecule has 1 fully saturated rings. The van der Waals surface area contributed by atoms with E-state index in [1.807, 2.05) is 6.92 Å². The summed E-state index contributed by atoms with van der Waals surface area (Å²) in [6.45, 7) is 4.94. The predicted molar refractivity (Wildman–Crippen MR) is 90.3 cm³/mol. The van der Waals surface area contributed by atoms with Crippen LogP contribution in [0.5, 0.6) is 5.75 Å². The molecule has 0 radical (unpaired) electrons. The van der Waals surface area contributed by atoms with Gasteiger partial charge in [-0.15, -0.1) is 12.4 Å². The van der Waals surface area contributed by atoms with E-state index < -0.39 is 10.0 Å². The van der Waals surface area contributed by atoms with Gasteiger partial charge < -0.3 is 10.1 Å². The van der Waals surface area contributed by atoms with Gasteiger partial charge in [-0.1, -0.05) is 6.07 Å². The Kier molecular flexibility index (Phi) is 8.17. The monoisotopic (exact) mass is 348 g/mol. The highest BCUT2D eigenvalue weighted by atomic mass is 35.5. The number of hydrogen-bond donors (Lipinski definition) is 2. The Morgan fingerprint density at radius 3 is 2.91 bits per heavy atom. The van der Waals surface area contributed by atoms with Crippen molar-refractivity contribution in [1.29, 1.82) is 0 Å². The molecule has 126 valence electrons. The van der Waals surface area contributed by atoms with Gasteiger partial charge in [-0.25, -0.2) is 13.1 Å². The summed E-state index contributed by atoms with van der Waals surface area (Å²) in [6, 6.07) is 6.61. The lowest BCUT2D eigenvalue weighted by Crippen LogP contribution is -2.33. The molecule has 5 nitrogen and oxygen atoms in total. The van der Waals surface area contributed by atoms with E-state index in [9.17, 15) is 8.42 Å². The first kappa shape index (κ1) is 19.2. The molecule has 0 aromatic heterocycles. The van der Waals surface area contributed by atoms with Gasteiger partial charge in [0, 0.05) is 12.6 Å². The average Bonchev–Trinajstić information content (AvgIpc) is 2.49. The first-order valence-corrected chi connectivity index (χ1v) is 9.03. The van der Waals surface area contributed by atoms with Gasteiger partial charge in [0.15, 0.2) is 0 Å². The van der Waals surface area contributed by atoms with E-state index in [1.54, 1.807) is 24.3 Å². The maximum atomic E-state index is 12.2. The summed E-state index contributed by atoms with van der Waals surface area (Å²) >= 11 is 0. The molecule has 0 bridgehead atoms. The van der Waals surface area contributed by atoms with Crippen LogP contribution in [0.2, 0.25) is 0 Å². The summed E-state index contributed by atoms with van der Waals surface area (Å²) < 4.78 is 32.5. The van der Waals surface area contributed by atoms with Crippen LogP contribution in [0.4, 0.5) is 0 Å². The molecular weight excluding hydrogens is 324 g/mol. The molecule has 1 saturated heterocycles. The molecule has 1 atom stereocenters. The zero-order chi connectivity index (χ0) is 15.1. The largest absolute Gasteiger partial charge is 0.494 e. The molecule has 0 aliphatic carbocycles. The fraction of sp³-hybridized carbons (Fsp3) is 0.600. The third kappa shape index (κ3) is 5.76. The first-order chi connectivity index (χ1) is 10.1. The third-order valence-corrected chi connectivity index (χ3v) is 5.13. The minimum atomic E-state index is -3.45. The van der Waals surface area contributed by atoms with Crippen LogP contribution in [0.25, 0.3) is 0 Å². The molecule has 1 unspecified atom stereocenters. The minimum Gasteiger partial charge on any atom is -0.494 e. The van der Waals surface area contributed by atoms with Crippen LogP contribution in [0.3, 0.4) is 0 Å². The van der Waals surface area contributed by atoms with Crippen molar-refractivity contribution >= 4 is 22.4 Å². The maximum absolute atomic E-state index is 12.2. The number of nitrogens with one attached hydrogen (secondary N) is 2. The van der Waals surface area contributed by atoms with Crippen LogP contribution in [-0.2, 0) is 10.0 Å². The summed E-state index contributed by atoms with van der Waals surface area (Å²) in [5, 5.41) is 3.34. The number of hydrogen-bond acceptors (Lipinski definition) is 4. The van der Waals surface area contributed by atoms with E-state index in [0.29, 0.717) is 24.8 Å². The van der Waals surface area contributed by atoms with Gasteiger partial charge in [0.1, 0.15) is 5.75 Å². The fourth-order valence-electron chi connectivity index (χ4n) is 2.55. The molecule has 0 spiro atoms. The summed E-state index contributed by atoms with van der Waals surface area (Å²) in [7, 11) is -3.45. The topological polar surface area (TPSA) is 67.4 Å². The van der Waals surface area contributed by atoms with Crippen molar-refractivity contribution in [2.45, 2.75) is 31.1 Å². The molecule has 2 N–H and O–H groups in total. The van der Waals surface area contributed by atoms with Gasteiger partial charge in [-0.3, -0.25) is 0 Å². The Morgan fingerprint density at radius 2 is 2.23 bits per heavy atom. The van der Waals surface area contributed by atoms with E-state index in [2.05, 4.69) is 10.0 Å². The van der Waals surface area contributed by atoms with Gasteiger partial charge in [0.2, 0.25) is 10.0 Å². The Labute approximate surface area is 139 Å². The number of halogens is 1. The average molecular weight is 349 g/mol. The standard InChI is InChI=1S/C15H24N2O3S.ClH/c1-2-20-14-6-3-7-15(11-14)21(18,19)17-10-8-13-5-4-9-16-12-13;/h3,6-7,11,13,16-17H,2,4-5,8-10,12H2,1H3;1H. The second kappa shape index (κ2) is 9.35. The number of rotatable bonds is 7. The maximum Gasteiger partial charge on any atom is 0.240 e. The van der Waals surface area contributed by atoms with Crippen molar-refractivity contribution in [3.63, 3.8) is 0 Å². The van der Waals surface area contributed by atoms with Crippen molar-refractivity contribution in [2.75, 3.05) is 26.2 Å². The molecule has 1 aromatic rings. The van der Waals surface area contributed by atoms with Crippen molar-refractivity contribution in [3.05, 3.63) is 24.3 Å². The van der Waals surface area contributed by atoms with Gasteiger partial charge in [-0.05, 0) is 57.3 Å². The van der Waals surface area contributed by atoms with Gasteiger partial charge in [0.25, 0.3) is 0 Å². The Balaban J connectivity index is 0.00000242. The van der Waals surface area contributed by atoms with Gasteiger partial charge >= 0.3 is 0 Å². The molecule has 0 amide bonds. The molecule has 1 heterocycles. The molecule has 0 saturated carbocycles. The van der Waals surface area contributed by atoms with Crippen LogP contribution >= 0.6 is 12.4 Å². The summed E-state index contributed by atoms with van der Waals surface area (Å²) in [5.74, 6) is 1.15. The predicted octanol–water partition coefficient (Wildman–Crippen LogP) is 2.18. The van der Waals surface area contributed by atoms with E-state index in [0.717, 1.165) is 19.5 Å². The number of piperidine rings is 1. The smallest absolute Gasteiger partial charge is 0.240 e. The highest BCUT2D eigenvalue weighted by Gasteiger charge is 2.17. The normalized spacial score (nSPS) is 18.5. The molecular formula is C15H25ClN2O3S. The third-order valence-electron chi connectivity index (χ3n) is 3.67. The lowest BCUT2D eigenvalue weighted by atomic mass is 9.96. The summed E-state index contributed by atoms with van der Waals surface area (Å²) in [6.07, 6.45) is 3.22. The van der Waals surface area contributed by atoms with Crippen LogP contribution in [0, 0.1) is 5.92 Å². The van der Waals surface area contributed by atoms with Gasteiger partial charge in [0.05, 0.1) is 11.5 Å². The Bertz CT molecular complexity index is 545.